The largest absolute Gasteiger partial charge is 0.493 e. The highest BCUT2D eigenvalue weighted by molar-refractivity contribution is 5.95. The molecule has 5 nitrogen and oxygen atoms in total. The number of hydrogen-bond acceptors (Lipinski definition) is 3. The molecule has 138 valence electrons. The van der Waals surface area contributed by atoms with Gasteiger partial charge in [0, 0.05) is 11.1 Å². The van der Waals surface area contributed by atoms with Crippen LogP contribution in [0.5, 0.6) is 11.5 Å². The highest BCUT2D eigenvalue weighted by Gasteiger charge is 2.25. The van der Waals surface area contributed by atoms with E-state index in [-0.39, 0.29) is 11.7 Å². The molecule has 0 aromatic heterocycles. The van der Waals surface area contributed by atoms with Crippen molar-refractivity contribution < 1.29 is 23.6 Å². The predicted molar refractivity (Wildman–Crippen MR) is 96.3 cm³/mol. The van der Waals surface area contributed by atoms with Gasteiger partial charge in [0.2, 0.25) is 0 Å². The molecule has 0 saturated carbocycles. The van der Waals surface area contributed by atoms with Crippen LogP contribution >= 0.6 is 0 Å². The van der Waals surface area contributed by atoms with Crippen LogP contribution in [0.2, 0.25) is 0 Å². The van der Waals surface area contributed by atoms with Gasteiger partial charge >= 0.3 is 0 Å². The number of ether oxygens (including phenoxy) is 2. The number of piperazine rings is 1. The number of nitrogens with zero attached hydrogens (tertiary/aromatic N) is 1. The van der Waals surface area contributed by atoms with Gasteiger partial charge in [-0.05, 0) is 30.3 Å². The highest BCUT2D eigenvalue weighted by Crippen LogP contribution is 2.28. The Hall–Kier alpha value is -2.60. The van der Waals surface area contributed by atoms with E-state index < -0.39 is 0 Å². The van der Waals surface area contributed by atoms with Gasteiger partial charge < -0.3 is 19.3 Å². The molecule has 0 bridgehead atoms. The first-order chi connectivity index (χ1) is 12.6. The molecule has 2 aromatic carbocycles. The van der Waals surface area contributed by atoms with Crippen molar-refractivity contribution in [3.05, 3.63) is 59.4 Å². The average molecular weight is 359 g/mol. The summed E-state index contributed by atoms with van der Waals surface area (Å²) in [5.74, 6) is 0.956. The Kier molecular flexibility index (Phi) is 5.73. The number of rotatable bonds is 5. The third kappa shape index (κ3) is 4.14. The van der Waals surface area contributed by atoms with Crippen molar-refractivity contribution in [2.24, 2.45) is 0 Å². The van der Waals surface area contributed by atoms with Crippen LogP contribution in [-0.4, -0.2) is 51.2 Å². The molecule has 1 amide bonds. The topological polar surface area (TPSA) is 43.2 Å². The molecule has 3 rings (SSSR count). The number of nitrogens with one attached hydrogen (secondary N) is 1. The maximum absolute atomic E-state index is 13.0. The molecule has 1 heterocycles. The van der Waals surface area contributed by atoms with E-state index in [4.69, 9.17) is 9.47 Å². The molecule has 0 atom stereocenters. The van der Waals surface area contributed by atoms with Gasteiger partial charge in [-0.25, -0.2) is 4.39 Å². The summed E-state index contributed by atoms with van der Waals surface area (Å²) >= 11 is 0. The van der Waals surface area contributed by atoms with E-state index in [0.29, 0.717) is 30.2 Å². The fourth-order valence-corrected chi connectivity index (χ4v) is 3.25. The smallest absolute Gasteiger partial charge is 0.254 e. The molecule has 0 radical (unpaired) electrons. The van der Waals surface area contributed by atoms with Gasteiger partial charge in [0.25, 0.3) is 5.91 Å². The zero-order chi connectivity index (χ0) is 18.5. The lowest BCUT2D eigenvalue weighted by molar-refractivity contribution is -0.917. The van der Waals surface area contributed by atoms with E-state index in [1.807, 2.05) is 17.0 Å². The van der Waals surface area contributed by atoms with Crippen molar-refractivity contribution in [2.45, 2.75) is 6.54 Å². The minimum absolute atomic E-state index is 0.00628. The lowest BCUT2D eigenvalue weighted by Gasteiger charge is -2.32. The number of benzene rings is 2. The van der Waals surface area contributed by atoms with Crippen molar-refractivity contribution in [3.63, 3.8) is 0 Å². The molecule has 2 aromatic rings. The van der Waals surface area contributed by atoms with Gasteiger partial charge in [-0.15, -0.1) is 0 Å². The standard InChI is InChI=1S/C20H23FN2O3/c1-25-18-8-5-16(13-19(18)26-2)20(24)23-11-9-22(10-12-23)14-15-3-6-17(21)7-4-15/h3-8,13H,9-12,14H2,1-2H3/p+1. The molecule has 6 heteroatoms. The van der Waals surface area contributed by atoms with Crippen LogP contribution in [0.3, 0.4) is 0 Å². The molecule has 1 aliphatic heterocycles. The highest BCUT2D eigenvalue weighted by atomic mass is 19.1. The van der Waals surface area contributed by atoms with Crippen molar-refractivity contribution in [2.75, 3.05) is 40.4 Å². The summed E-state index contributed by atoms with van der Waals surface area (Å²) < 4.78 is 23.5. The van der Waals surface area contributed by atoms with E-state index in [1.165, 1.54) is 17.0 Å². The van der Waals surface area contributed by atoms with Gasteiger partial charge in [0.1, 0.15) is 12.4 Å². The second-order valence-electron chi connectivity index (χ2n) is 6.42. The number of carbonyl (C=O) groups is 1. The Bertz CT molecular complexity index is 756. The third-order valence-corrected chi connectivity index (χ3v) is 4.76. The molecule has 1 N–H and O–H groups in total. The molecule has 1 fully saturated rings. The van der Waals surface area contributed by atoms with E-state index in [1.54, 1.807) is 32.4 Å². The van der Waals surface area contributed by atoms with E-state index in [0.717, 1.165) is 25.2 Å². The van der Waals surface area contributed by atoms with Gasteiger partial charge in [0.05, 0.1) is 40.4 Å². The summed E-state index contributed by atoms with van der Waals surface area (Å²) in [6, 6.07) is 11.9. The number of hydrogen-bond donors (Lipinski definition) is 1. The van der Waals surface area contributed by atoms with Gasteiger partial charge in [-0.1, -0.05) is 12.1 Å². The van der Waals surface area contributed by atoms with Gasteiger partial charge in [-0.3, -0.25) is 4.79 Å². The zero-order valence-electron chi connectivity index (χ0n) is 15.1. The number of halogens is 1. The first-order valence-corrected chi connectivity index (χ1v) is 8.70. The second kappa shape index (κ2) is 8.19. The fraction of sp³-hybridized carbons (Fsp3) is 0.350. The van der Waals surface area contributed by atoms with Crippen molar-refractivity contribution in [1.29, 1.82) is 0 Å². The Labute approximate surface area is 152 Å². The molecular weight excluding hydrogens is 335 g/mol. The van der Waals surface area contributed by atoms with Crippen LogP contribution in [0.1, 0.15) is 15.9 Å². The lowest BCUT2D eigenvalue weighted by atomic mass is 10.1. The number of carbonyl (C=O) groups excluding carboxylic acids is 1. The van der Waals surface area contributed by atoms with Crippen molar-refractivity contribution >= 4 is 5.91 Å². The van der Waals surface area contributed by atoms with Crippen LogP contribution in [0, 0.1) is 5.82 Å². The van der Waals surface area contributed by atoms with Crippen LogP contribution < -0.4 is 14.4 Å². The Morgan fingerprint density at radius 2 is 1.69 bits per heavy atom. The number of quaternary nitrogens is 1. The summed E-state index contributed by atoms with van der Waals surface area (Å²) in [5.41, 5.74) is 1.71. The molecule has 1 aliphatic rings. The normalized spacial score (nSPS) is 15.0. The average Bonchev–Trinajstić information content (AvgIpc) is 2.69. The second-order valence-corrected chi connectivity index (χ2v) is 6.42. The summed E-state index contributed by atoms with van der Waals surface area (Å²) in [5, 5.41) is 0. The van der Waals surface area contributed by atoms with E-state index >= 15 is 0 Å². The van der Waals surface area contributed by atoms with Crippen molar-refractivity contribution in [3.8, 4) is 11.5 Å². The quantitative estimate of drug-likeness (QED) is 0.877. The Balaban J connectivity index is 1.59. The minimum Gasteiger partial charge on any atom is -0.493 e. The SMILES string of the molecule is COc1ccc(C(=O)N2CC[NH+](Cc3ccc(F)cc3)CC2)cc1OC. The van der Waals surface area contributed by atoms with E-state index in [2.05, 4.69) is 0 Å². The molecule has 0 aliphatic carbocycles. The summed E-state index contributed by atoms with van der Waals surface area (Å²) in [6.07, 6.45) is 0. The molecule has 0 unspecified atom stereocenters. The molecule has 0 spiro atoms. The van der Waals surface area contributed by atoms with Crippen LogP contribution in [-0.2, 0) is 6.54 Å². The van der Waals surface area contributed by atoms with E-state index in [9.17, 15) is 9.18 Å². The first-order valence-electron chi connectivity index (χ1n) is 8.70. The first kappa shape index (κ1) is 18.2. The minimum atomic E-state index is -0.214. The summed E-state index contributed by atoms with van der Waals surface area (Å²) in [4.78, 5) is 16.0. The molecular formula is C20H24FN2O3+. The number of amides is 1. The van der Waals surface area contributed by atoms with Crippen LogP contribution in [0.4, 0.5) is 4.39 Å². The maximum Gasteiger partial charge on any atom is 0.254 e. The predicted octanol–water partition coefficient (Wildman–Crippen LogP) is 1.38. The summed E-state index contributed by atoms with van der Waals surface area (Å²) in [7, 11) is 3.13. The molecule has 26 heavy (non-hydrogen) atoms. The maximum atomic E-state index is 13.0. The van der Waals surface area contributed by atoms with Crippen molar-refractivity contribution in [1.82, 2.24) is 4.90 Å². The Morgan fingerprint density at radius 1 is 1.04 bits per heavy atom. The Morgan fingerprint density at radius 3 is 2.31 bits per heavy atom. The molecule has 1 saturated heterocycles. The van der Waals surface area contributed by atoms with Crippen LogP contribution in [0.15, 0.2) is 42.5 Å². The van der Waals surface area contributed by atoms with Gasteiger partial charge in [0.15, 0.2) is 11.5 Å². The van der Waals surface area contributed by atoms with Gasteiger partial charge in [-0.2, -0.15) is 0 Å². The zero-order valence-corrected chi connectivity index (χ0v) is 15.1. The third-order valence-electron chi connectivity index (χ3n) is 4.76. The monoisotopic (exact) mass is 359 g/mol. The lowest BCUT2D eigenvalue weighted by Crippen LogP contribution is -3.13. The van der Waals surface area contributed by atoms with Crippen LogP contribution in [0.25, 0.3) is 0 Å². The summed E-state index contributed by atoms with van der Waals surface area (Å²) in [6.45, 7) is 3.99. The number of methoxy groups -OCH3 is 2. The fourth-order valence-electron chi connectivity index (χ4n) is 3.25.